The van der Waals surface area contributed by atoms with Crippen molar-refractivity contribution in [2.45, 2.75) is 78.2 Å². The normalized spacial score (nSPS) is 21.2. The quantitative estimate of drug-likeness (QED) is 0.242. The molecule has 152 valence electrons. The second-order valence-corrected chi connectivity index (χ2v) is 7.98. The molecule has 1 amide bonds. The van der Waals surface area contributed by atoms with Crippen molar-refractivity contribution in [3.05, 3.63) is 0 Å². The third-order valence-electron chi connectivity index (χ3n) is 5.44. The van der Waals surface area contributed by atoms with Gasteiger partial charge in [-0.1, -0.05) is 52.4 Å². The summed E-state index contributed by atoms with van der Waals surface area (Å²) in [5, 5.41) is 6.86. The summed E-state index contributed by atoms with van der Waals surface area (Å²) in [6.07, 6.45) is 10.6. The molecule has 1 heterocycles. The Morgan fingerprint density at radius 3 is 2.58 bits per heavy atom. The Labute approximate surface area is 177 Å². The Bertz CT molecular complexity index is 436. The molecule has 1 saturated heterocycles. The van der Waals surface area contributed by atoms with E-state index < -0.39 is 0 Å². The first-order valence-corrected chi connectivity index (χ1v) is 10.4. The van der Waals surface area contributed by atoms with Gasteiger partial charge in [0.15, 0.2) is 5.96 Å². The van der Waals surface area contributed by atoms with Gasteiger partial charge in [0.05, 0.1) is 0 Å². The van der Waals surface area contributed by atoms with E-state index in [1.807, 2.05) is 18.7 Å². The number of hydrogen-bond donors (Lipinski definition) is 2. The number of nitrogens with one attached hydrogen (secondary N) is 2. The number of halogens is 1. The molecule has 0 aromatic heterocycles. The number of carbonyl (C=O) groups excluding carboxylic acids is 1. The van der Waals surface area contributed by atoms with Crippen LogP contribution in [0.4, 0.5) is 0 Å². The molecule has 1 aliphatic heterocycles. The van der Waals surface area contributed by atoms with Crippen LogP contribution in [-0.2, 0) is 4.79 Å². The van der Waals surface area contributed by atoms with E-state index in [9.17, 15) is 4.79 Å². The largest absolute Gasteiger partial charge is 0.357 e. The zero-order valence-electron chi connectivity index (χ0n) is 16.9. The first kappa shape index (κ1) is 23.5. The van der Waals surface area contributed by atoms with E-state index in [2.05, 4.69) is 17.6 Å². The topological polar surface area (TPSA) is 56.7 Å². The van der Waals surface area contributed by atoms with Crippen molar-refractivity contribution in [3.8, 4) is 0 Å². The highest BCUT2D eigenvalue weighted by Crippen LogP contribution is 2.28. The van der Waals surface area contributed by atoms with Crippen molar-refractivity contribution in [1.82, 2.24) is 15.5 Å². The van der Waals surface area contributed by atoms with Crippen molar-refractivity contribution in [2.24, 2.45) is 16.8 Å². The third-order valence-corrected chi connectivity index (χ3v) is 5.44. The Hall–Kier alpha value is -0.530. The number of rotatable bonds is 8. The van der Waals surface area contributed by atoms with Crippen LogP contribution >= 0.6 is 24.0 Å². The minimum Gasteiger partial charge on any atom is -0.357 e. The molecular formula is C20H39IN4O. The van der Waals surface area contributed by atoms with Gasteiger partial charge in [-0.25, -0.2) is 0 Å². The van der Waals surface area contributed by atoms with Gasteiger partial charge in [-0.2, -0.15) is 0 Å². The van der Waals surface area contributed by atoms with Crippen LogP contribution in [0.5, 0.6) is 0 Å². The number of amides is 1. The molecule has 1 atom stereocenters. The molecule has 2 rings (SSSR count). The van der Waals surface area contributed by atoms with Crippen molar-refractivity contribution in [2.75, 3.05) is 26.2 Å². The summed E-state index contributed by atoms with van der Waals surface area (Å²) in [6, 6.07) is 0.319. The van der Waals surface area contributed by atoms with Crippen LogP contribution in [0, 0.1) is 11.8 Å². The summed E-state index contributed by atoms with van der Waals surface area (Å²) in [7, 11) is 0. The predicted molar refractivity (Wildman–Crippen MR) is 120 cm³/mol. The molecule has 5 nitrogen and oxygen atoms in total. The second-order valence-electron chi connectivity index (χ2n) is 7.98. The van der Waals surface area contributed by atoms with Gasteiger partial charge in [0.2, 0.25) is 5.91 Å². The highest BCUT2D eigenvalue weighted by molar-refractivity contribution is 14.0. The molecule has 1 unspecified atom stereocenters. The first-order chi connectivity index (χ1) is 12.1. The van der Waals surface area contributed by atoms with E-state index in [-0.39, 0.29) is 35.8 Å². The van der Waals surface area contributed by atoms with Crippen LogP contribution < -0.4 is 10.6 Å². The molecule has 1 aliphatic carbocycles. The number of guanidine groups is 1. The Morgan fingerprint density at radius 1 is 1.19 bits per heavy atom. The molecule has 0 bridgehead atoms. The molecule has 0 radical (unpaired) electrons. The molecule has 2 fully saturated rings. The van der Waals surface area contributed by atoms with Crippen LogP contribution in [0.15, 0.2) is 4.99 Å². The van der Waals surface area contributed by atoms with E-state index in [1.165, 1.54) is 44.9 Å². The van der Waals surface area contributed by atoms with Crippen LogP contribution in [0.3, 0.4) is 0 Å². The van der Waals surface area contributed by atoms with Gasteiger partial charge in [0.1, 0.15) is 0 Å². The molecule has 2 N–H and O–H groups in total. The lowest BCUT2D eigenvalue weighted by Crippen LogP contribution is -2.45. The van der Waals surface area contributed by atoms with Gasteiger partial charge >= 0.3 is 0 Å². The molecule has 2 aliphatic rings. The smallest absolute Gasteiger partial charge is 0.225 e. The second kappa shape index (κ2) is 12.8. The maximum atomic E-state index is 12.1. The molecular weight excluding hydrogens is 439 g/mol. The Morgan fingerprint density at radius 2 is 1.92 bits per heavy atom. The van der Waals surface area contributed by atoms with Crippen molar-refractivity contribution >= 4 is 35.8 Å². The number of aliphatic imine (C=N–C) groups is 1. The van der Waals surface area contributed by atoms with Crippen LogP contribution in [0.1, 0.15) is 72.1 Å². The lowest BCUT2D eigenvalue weighted by Gasteiger charge is -2.20. The lowest BCUT2D eigenvalue weighted by molar-refractivity contribution is -0.133. The standard InChI is InChI=1S/C20H38N4O.HI/c1-4-21-20(22-13-8-7-11-17-9-5-6-10-17)23-18-12-14-24(15-18)19(25)16(2)3;/h16-18H,4-15H2,1-3H3,(H2,21,22,23);1H. The number of unbranched alkanes of at least 4 members (excludes halogenated alkanes) is 1. The SMILES string of the molecule is CCNC(=NCCCCC1CCCC1)NC1CCN(C(=O)C(C)C)C1.I. The van der Waals surface area contributed by atoms with Gasteiger partial charge in [-0.3, -0.25) is 9.79 Å². The summed E-state index contributed by atoms with van der Waals surface area (Å²) in [4.78, 5) is 18.8. The number of likely N-dealkylation sites (tertiary alicyclic amines) is 1. The number of nitrogens with zero attached hydrogens (tertiary/aromatic N) is 2. The third kappa shape index (κ3) is 8.01. The lowest BCUT2D eigenvalue weighted by atomic mass is 10.0. The van der Waals surface area contributed by atoms with Crippen LogP contribution in [-0.4, -0.2) is 49.0 Å². The first-order valence-electron chi connectivity index (χ1n) is 10.4. The average molecular weight is 478 g/mol. The van der Waals surface area contributed by atoms with E-state index >= 15 is 0 Å². The Kier molecular flexibility index (Phi) is 11.6. The molecule has 0 aromatic carbocycles. The molecule has 0 spiro atoms. The summed E-state index contributed by atoms with van der Waals surface area (Å²) in [6.45, 7) is 9.46. The number of hydrogen-bond acceptors (Lipinski definition) is 2. The van der Waals surface area contributed by atoms with E-state index in [4.69, 9.17) is 4.99 Å². The van der Waals surface area contributed by atoms with Gasteiger partial charge < -0.3 is 15.5 Å². The summed E-state index contributed by atoms with van der Waals surface area (Å²) in [5.74, 6) is 2.24. The van der Waals surface area contributed by atoms with Gasteiger partial charge in [0.25, 0.3) is 0 Å². The van der Waals surface area contributed by atoms with E-state index in [1.54, 1.807) is 0 Å². The maximum absolute atomic E-state index is 12.1. The average Bonchev–Trinajstić information content (AvgIpc) is 3.25. The fraction of sp³-hybridized carbons (Fsp3) is 0.900. The minimum absolute atomic E-state index is 0. The van der Waals surface area contributed by atoms with Crippen LogP contribution in [0.2, 0.25) is 0 Å². The fourth-order valence-electron chi connectivity index (χ4n) is 3.99. The predicted octanol–water partition coefficient (Wildman–Crippen LogP) is 3.78. The zero-order chi connectivity index (χ0) is 18.1. The highest BCUT2D eigenvalue weighted by Gasteiger charge is 2.27. The van der Waals surface area contributed by atoms with E-state index in [0.717, 1.165) is 44.5 Å². The fourth-order valence-corrected chi connectivity index (χ4v) is 3.99. The van der Waals surface area contributed by atoms with Gasteiger partial charge in [-0.05, 0) is 25.7 Å². The summed E-state index contributed by atoms with van der Waals surface area (Å²) in [5.41, 5.74) is 0. The molecule has 0 aromatic rings. The minimum atomic E-state index is 0. The van der Waals surface area contributed by atoms with Crippen molar-refractivity contribution in [3.63, 3.8) is 0 Å². The molecule has 26 heavy (non-hydrogen) atoms. The van der Waals surface area contributed by atoms with E-state index in [0.29, 0.717) is 6.04 Å². The molecule has 1 saturated carbocycles. The van der Waals surface area contributed by atoms with Crippen molar-refractivity contribution in [1.29, 1.82) is 0 Å². The van der Waals surface area contributed by atoms with Gasteiger partial charge in [0, 0.05) is 38.1 Å². The van der Waals surface area contributed by atoms with Gasteiger partial charge in [-0.15, -0.1) is 24.0 Å². The monoisotopic (exact) mass is 478 g/mol. The molecule has 6 heteroatoms. The highest BCUT2D eigenvalue weighted by atomic mass is 127. The van der Waals surface area contributed by atoms with Crippen LogP contribution in [0.25, 0.3) is 0 Å². The maximum Gasteiger partial charge on any atom is 0.225 e. The summed E-state index contributed by atoms with van der Waals surface area (Å²) < 4.78 is 0. The summed E-state index contributed by atoms with van der Waals surface area (Å²) >= 11 is 0. The number of carbonyl (C=O) groups is 1. The Balaban J connectivity index is 0.00000338. The van der Waals surface area contributed by atoms with Crippen molar-refractivity contribution < 1.29 is 4.79 Å². The zero-order valence-corrected chi connectivity index (χ0v) is 19.3.